The highest BCUT2D eigenvalue weighted by molar-refractivity contribution is 5.39. The quantitative estimate of drug-likeness (QED) is 0.917. The molecule has 20 heavy (non-hydrogen) atoms. The monoisotopic (exact) mass is 275 g/mol. The predicted octanol–water partition coefficient (Wildman–Crippen LogP) is 2.78. The molecule has 3 heteroatoms. The summed E-state index contributed by atoms with van der Waals surface area (Å²) in [7, 11) is 3.86. The van der Waals surface area contributed by atoms with Crippen molar-refractivity contribution >= 4 is 0 Å². The summed E-state index contributed by atoms with van der Waals surface area (Å²) in [6.07, 6.45) is 5.80. The summed E-state index contributed by atoms with van der Waals surface area (Å²) < 4.78 is 5.27. The van der Waals surface area contributed by atoms with Crippen LogP contribution in [0.2, 0.25) is 0 Å². The Labute approximate surface area is 121 Å². The fourth-order valence-electron chi connectivity index (χ4n) is 3.56. The van der Waals surface area contributed by atoms with Crippen LogP contribution in [0.25, 0.3) is 0 Å². The number of methoxy groups -OCH3 is 1. The molecule has 0 heterocycles. The largest absolute Gasteiger partial charge is 0.497 e. The second-order valence-corrected chi connectivity index (χ2v) is 6.35. The molecular weight excluding hydrogens is 250 g/mol. The molecule has 0 spiro atoms. The first-order valence-corrected chi connectivity index (χ1v) is 7.74. The van der Waals surface area contributed by atoms with E-state index in [2.05, 4.69) is 18.0 Å². The maximum atomic E-state index is 10.7. The first-order valence-electron chi connectivity index (χ1n) is 7.74. The summed E-state index contributed by atoms with van der Waals surface area (Å²) in [5, 5.41) is 10.7. The second-order valence-electron chi connectivity index (χ2n) is 6.35. The molecule has 1 aromatic rings. The molecule has 3 rings (SSSR count). The molecule has 2 unspecified atom stereocenters. The van der Waals surface area contributed by atoms with Crippen LogP contribution < -0.4 is 4.74 Å². The van der Waals surface area contributed by atoms with Crippen molar-refractivity contribution in [2.24, 2.45) is 5.92 Å². The van der Waals surface area contributed by atoms with Gasteiger partial charge in [-0.3, -0.25) is 0 Å². The fourth-order valence-corrected chi connectivity index (χ4v) is 3.56. The number of aliphatic hydroxyl groups excluding tert-OH is 1. The number of aryl methyl sites for hydroxylation is 1. The zero-order chi connectivity index (χ0) is 14.1. The number of nitrogens with zero attached hydrogens (tertiary/aromatic N) is 1. The third-order valence-electron chi connectivity index (χ3n) is 5.08. The Morgan fingerprint density at radius 3 is 2.75 bits per heavy atom. The van der Waals surface area contributed by atoms with Gasteiger partial charge in [0.2, 0.25) is 0 Å². The SMILES string of the molecule is COc1ccc2c(c1)CCC(N(C)CC1CCC1)C2O. The van der Waals surface area contributed by atoms with E-state index >= 15 is 0 Å². The van der Waals surface area contributed by atoms with Gasteiger partial charge in [0.25, 0.3) is 0 Å². The molecule has 1 N–H and O–H groups in total. The molecule has 0 bridgehead atoms. The van der Waals surface area contributed by atoms with E-state index in [1.54, 1.807) is 7.11 Å². The number of ether oxygens (including phenoxy) is 1. The van der Waals surface area contributed by atoms with E-state index in [0.29, 0.717) is 0 Å². The third kappa shape index (κ3) is 2.57. The van der Waals surface area contributed by atoms with Crippen LogP contribution in [-0.2, 0) is 6.42 Å². The van der Waals surface area contributed by atoms with Gasteiger partial charge in [0, 0.05) is 12.6 Å². The Bertz CT molecular complexity index is 470. The van der Waals surface area contributed by atoms with Crippen molar-refractivity contribution in [3.05, 3.63) is 29.3 Å². The van der Waals surface area contributed by atoms with Crippen molar-refractivity contribution in [1.82, 2.24) is 4.90 Å². The van der Waals surface area contributed by atoms with Crippen molar-refractivity contribution in [2.75, 3.05) is 20.7 Å². The van der Waals surface area contributed by atoms with Crippen molar-refractivity contribution < 1.29 is 9.84 Å². The molecular formula is C17H25NO2. The first kappa shape index (κ1) is 13.9. The lowest BCUT2D eigenvalue weighted by Gasteiger charge is -2.39. The molecule has 0 saturated heterocycles. The fraction of sp³-hybridized carbons (Fsp3) is 0.647. The number of hydrogen-bond donors (Lipinski definition) is 1. The van der Waals surface area contributed by atoms with Gasteiger partial charge in [0.1, 0.15) is 5.75 Å². The smallest absolute Gasteiger partial charge is 0.119 e. The summed E-state index contributed by atoms with van der Waals surface area (Å²) in [5.41, 5.74) is 2.33. The number of benzene rings is 1. The second kappa shape index (κ2) is 5.74. The zero-order valence-electron chi connectivity index (χ0n) is 12.5. The highest BCUT2D eigenvalue weighted by atomic mass is 16.5. The van der Waals surface area contributed by atoms with Crippen LogP contribution in [0.1, 0.15) is 42.9 Å². The Kier molecular flexibility index (Phi) is 3.99. The number of likely N-dealkylation sites (N-methyl/N-ethyl adjacent to an activating group) is 1. The summed E-state index contributed by atoms with van der Waals surface area (Å²) >= 11 is 0. The molecule has 0 aromatic heterocycles. The lowest BCUT2D eigenvalue weighted by molar-refractivity contribution is 0.0349. The van der Waals surface area contributed by atoms with E-state index in [0.717, 1.165) is 36.6 Å². The van der Waals surface area contributed by atoms with Crippen LogP contribution >= 0.6 is 0 Å². The molecule has 0 radical (unpaired) electrons. The van der Waals surface area contributed by atoms with Crippen LogP contribution in [-0.4, -0.2) is 36.8 Å². The molecule has 0 amide bonds. The Morgan fingerprint density at radius 2 is 2.10 bits per heavy atom. The van der Waals surface area contributed by atoms with Crippen LogP contribution in [0.3, 0.4) is 0 Å². The molecule has 1 saturated carbocycles. The highest BCUT2D eigenvalue weighted by Crippen LogP contribution is 2.36. The van der Waals surface area contributed by atoms with Crippen molar-refractivity contribution in [2.45, 2.75) is 44.2 Å². The van der Waals surface area contributed by atoms with E-state index < -0.39 is 0 Å². The van der Waals surface area contributed by atoms with Crippen LogP contribution in [0, 0.1) is 5.92 Å². The Morgan fingerprint density at radius 1 is 1.30 bits per heavy atom. The van der Waals surface area contributed by atoms with Gasteiger partial charge in [-0.05, 0) is 61.9 Å². The minimum absolute atomic E-state index is 0.261. The first-order chi connectivity index (χ1) is 9.69. The number of rotatable bonds is 4. The van der Waals surface area contributed by atoms with Gasteiger partial charge in [-0.15, -0.1) is 0 Å². The standard InChI is InChI=1S/C17H25NO2/c1-18(11-12-4-3-5-12)16-9-6-13-10-14(20-2)7-8-15(13)17(16)19/h7-8,10,12,16-17,19H,3-6,9,11H2,1-2H3. The van der Waals surface area contributed by atoms with E-state index in [9.17, 15) is 5.11 Å². The molecule has 2 aliphatic carbocycles. The van der Waals surface area contributed by atoms with E-state index in [1.807, 2.05) is 12.1 Å². The summed E-state index contributed by atoms with van der Waals surface area (Å²) in [6, 6.07) is 6.32. The molecule has 2 aliphatic rings. The van der Waals surface area contributed by atoms with E-state index in [4.69, 9.17) is 4.74 Å². The summed E-state index contributed by atoms with van der Waals surface area (Å²) in [5.74, 6) is 1.74. The predicted molar refractivity (Wildman–Crippen MR) is 80.0 cm³/mol. The Balaban J connectivity index is 1.72. The van der Waals surface area contributed by atoms with E-state index in [-0.39, 0.29) is 12.1 Å². The van der Waals surface area contributed by atoms with Gasteiger partial charge in [-0.2, -0.15) is 0 Å². The van der Waals surface area contributed by atoms with E-state index in [1.165, 1.54) is 24.8 Å². The van der Waals surface area contributed by atoms with Gasteiger partial charge in [-0.25, -0.2) is 0 Å². The lowest BCUT2D eigenvalue weighted by Crippen LogP contribution is -2.43. The Hall–Kier alpha value is -1.06. The molecule has 3 nitrogen and oxygen atoms in total. The normalized spacial score (nSPS) is 26.2. The van der Waals surface area contributed by atoms with Crippen molar-refractivity contribution in [3.8, 4) is 5.75 Å². The average molecular weight is 275 g/mol. The number of aliphatic hydroxyl groups is 1. The highest BCUT2D eigenvalue weighted by Gasteiger charge is 2.32. The molecule has 1 fully saturated rings. The topological polar surface area (TPSA) is 32.7 Å². The summed E-state index contributed by atoms with van der Waals surface area (Å²) in [4.78, 5) is 2.38. The van der Waals surface area contributed by atoms with Crippen LogP contribution in [0.4, 0.5) is 0 Å². The minimum atomic E-state index is -0.366. The van der Waals surface area contributed by atoms with Gasteiger partial charge in [0.15, 0.2) is 0 Å². The minimum Gasteiger partial charge on any atom is -0.497 e. The van der Waals surface area contributed by atoms with Gasteiger partial charge < -0.3 is 14.7 Å². The van der Waals surface area contributed by atoms with Crippen molar-refractivity contribution in [1.29, 1.82) is 0 Å². The van der Waals surface area contributed by atoms with Gasteiger partial charge in [0.05, 0.1) is 13.2 Å². The average Bonchev–Trinajstić information content (AvgIpc) is 2.42. The maximum absolute atomic E-state index is 10.7. The lowest BCUT2D eigenvalue weighted by atomic mass is 9.82. The van der Waals surface area contributed by atoms with Crippen LogP contribution in [0.5, 0.6) is 5.75 Å². The zero-order valence-corrected chi connectivity index (χ0v) is 12.5. The molecule has 110 valence electrons. The van der Waals surface area contributed by atoms with Crippen molar-refractivity contribution in [3.63, 3.8) is 0 Å². The number of fused-ring (bicyclic) bond motifs is 1. The number of hydrogen-bond acceptors (Lipinski definition) is 3. The van der Waals surface area contributed by atoms with Gasteiger partial charge >= 0.3 is 0 Å². The molecule has 2 atom stereocenters. The van der Waals surface area contributed by atoms with Gasteiger partial charge in [-0.1, -0.05) is 12.5 Å². The molecule has 1 aromatic carbocycles. The maximum Gasteiger partial charge on any atom is 0.119 e. The molecule has 0 aliphatic heterocycles. The third-order valence-corrected chi connectivity index (χ3v) is 5.08. The summed E-state index contributed by atoms with van der Waals surface area (Å²) in [6.45, 7) is 1.13. The van der Waals surface area contributed by atoms with Crippen LogP contribution in [0.15, 0.2) is 18.2 Å².